The molecule has 0 spiro atoms. The van der Waals surface area contributed by atoms with Gasteiger partial charge < -0.3 is 10.2 Å². The summed E-state index contributed by atoms with van der Waals surface area (Å²) in [5.41, 5.74) is 0. The maximum absolute atomic E-state index is 12.0. The van der Waals surface area contributed by atoms with Gasteiger partial charge in [0.15, 0.2) is 23.3 Å². The van der Waals surface area contributed by atoms with Gasteiger partial charge in [-0.2, -0.15) is 0 Å². The molecule has 0 heterocycles. The molecule has 0 saturated carbocycles. The van der Waals surface area contributed by atoms with Crippen molar-refractivity contribution < 1.29 is 54.0 Å². The standard InChI is InChI=1S/2C6H4F2O.Zr/c2*7-5-2-1-4(9)3-6(5)8;/h2*1-3,9H;. The second-order valence-corrected chi connectivity index (χ2v) is 3.20. The number of hydrogen-bond donors (Lipinski definition) is 2. The number of benzene rings is 2. The number of aromatic hydroxyl groups is 2. The Bertz CT molecular complexity index is 500. The minimum absolute atomic E-state index is 0. The molecule has 7 heteroatoms. The Labute approximate surface area is 125 Å². The van der Waals surface area contributed by atoms with E-state index in [0.29, 0.717) is 0 Å². The predicted molar refractivity (Wildman–Crippen MR) is 56.0 cm³/mol. The topological polar surface area (TPSA) is 40.5 Å². The van der Waals surface area contributed by atoms with Crippen LogP contribution in [0.2, 0.25) is 0 Å². The third-order valence-electron chi connectivity index (χ3n) is 1.81. The summed E-state index contributed by atoms with van der Waals surface area (Å²) in [5.74, 6) is -4.51. The molecule has 2 rings (SSSR count). The van der Waals surface area contributed by atoms with Crippen LogP contribution in [0, 0.1) is 23.3 Å². The zero-order valence-electron chi connectivity index (χ0n) is 9.37. The van der Waals surface area contributed by atoms with E-state index in [0.717, 1.165) is 36.4 Å². The maximum atomic E-state index is 12.0. The molecule has 0 bridgehead atoms. The van der Waals surface area contributed by atoms with Crippen LogP contribution in [0.3, 0.4) is 0 Å². The fourth-order valence-corrected chi connectivity index (χ4v) is 0.970. The van der Waals surface area contributed by atoms with Crippen molar-refractivity contribution in [3.63, 3.8) is 0 Å². The normalized spacial score (nSPS) is 9.05. The van der Waals surface area contributed by atoms with E-state index in [4.69, 9.17) is 10.2 Å². The van der Waals surface area contributed by atoms with Crippen molar-refractivity contribution in [2.24, 2.45) is 0 Å². The predicted octanol–water partition coefficient (Wildman–Crippen LogP) is 3.34. The van der Waals surface area contributed by atoms with Gasteiger partial charge in [-0.1, -0.05) is 0 Å². The average molecular weight is 351 g/mol. The van der Waals surface area contributed by atoms with Crippen LogP contribution in [0.5, 0.6) is 11.5 Å². The van der Waals surface area contributed by atoms with E-state index in [2.05, 4.69) is 0 Å². The Balaban J connectivity index is 0.000000324. The molecule has 0 atom stereocenters. The summed E-state index contributed by atoms with van der Waals surface area (Å²) in [6.07, 6.45) is 0. The molecular weight excluding hydrogens is 343 g/mol. The second kappa shape index (κ2) is 7.94. The molecule has 19 heavy (non-hydrogen) atoms. The maximum Gasteiger partial charge on any atom is 0.162 e. The third kappa shape index (κ3) is 5.88. The molecule has 2 nitrogen and oxygen atoms in total. The van der Waals surface area contributed by atoms with E-state index < -0.39 is 23.3 Å². The molecule has 0 amide bonds. The van der Waals surface area contributed by atoms with Crippen molar-refractivity contribution in [1.82, 2.24) is 0 Å². The Morgan fingerprint density at radius 1 is 0.579 bits per heavy atom. The zero-order chi connectivity index (χ0) is 13.7. The summed E-state index contributed by atoms with van der Waals surface area (Å²) in [6.45, 7) is 0. The Morgan fingerprint density at radius 2 is 0.895 bits per heavy atom. The van der Waals surface area contributed by atoms with Gasteiger partial charge in [-0.05, 0) is 24.3 Å². The number of halogens is 4. The van der Waals surface area contributed by atoms with Crippen LogP contribution in [0.15, 0.2) is 36.4 Å². The molecule has 0 aromatic heterocycles. The van der Waals surface area contributed by atoms with Crippen LogP contribution >= 0.6 is 0 Å². The van der Waals surface area contributed by atoms with Gasteiger partial charge in [0, 0.05) is 38.3 Å². The average Bonchev–Trinajstić information content (AvgIpc) is 2.30. The van der Waals surface area contributed by atoms with Gasteiger partial charge in [-0.3, -0.25) is 0 Å². The van der Waals surface area contributed by atoms with Crippen molar-refractivity contribution in [3.05, 3.63) is 59.7 Å². The molecule has 2 aromatic rings. The SMILES string of the molecule is Oc1ccc(F)c(F)c1.Oc1ccc(F)c(F)c1.[Zr]. The number of hydrogen-bond acceptors (Lipinski definition) is 2. The first-order valence-electron chi connectivity index (χ1n) is 4.68. The first kappa shape index (κ1) is 17.6. The van der Waals surface area contributed by atoms with E-state index >= 15 is 0 Å². The largest absolute Gasteiger partial charge is 0.508 e. The van der Waals surface area contributed by atoms with Crippen molar-refractivity contribution in [2.75, 3.05) is 0 Å². The third-order valence-corrected chi connectivity index (χ3v) is 1.81. The van der Waals surface area contributed by atoms with E-state index in [9.17, 15) is 17.6 Å². The van der Waals surface area contributed by atoms with Crippen LogP contribution < -0.4 is 0 Å². The second-order valence-electron chi connectivity index (χ2n) is 3.20. The summed E-state index contributed by atoms with van der Waals surface area (Å²) in [5, 5.41) is 17.1. The summed E-state index contributed by atoms with van der Waals surface area (Å²) < 4.78 is 48.1. The number of phenols is 2. The summed E-state index contributed by atoms with van der Waals surface area (Å²) >= 11 is 0. The Morgan fingerprint density at radius 3 is 1.11 bits per heavy atom. The molecule has 0 saturated heterocycles. The van der Waals surface area contributed by atoms with E-state index in [-0.39, 0.29) is 37.7 Å². The summed E-state index contributed by atoms with van der Waals surface area (Å²) in [7, 11) is 0. The van der Waals surface area contributed by atoms with Gasteiger partial charge in [0.2, 0.25) is 0 Å². The van der Waals surface area contributed by atoms with Crippen LogP contribution in [-0.2, 0) is 26.2 Å². The fourth-order valence-electron chi connectivity index (χ4n) is 0.970. The molecule has 2 N–H and O–H groups in total. The molecular formula is C12H8F4O2Zr. The molecule has 100 valence electrons. The minimum Gasteiger partial charge on any atom is -0.508 e. The molecule has 0 aliphatic rings. The fraction of sp³-hybridized carbons (Fsp3) is 0. The quantitative estimate of drug-likeness (QED) is 0.715. The van der Waals surface area contributed by atoms with Crippen LogP contribution in [-0.4, -0.2) is 10.2 Å². The molecule has 0 aliphatic carbocycles. The van der Waals surface area contributed by atoms with Crippen LogP contribution in [0.25, 0.3) is 0 Å². The number of phenolic OH excluding ortho intramolecular Hbond substituents is 2. The van der Waals surface area contributed by atoms with Gasteiger partial charge in [0.05, 0.1) is 0 Å². The first-order valence-corrected chi connectivity index (χ1v) is 4.68. The van der Waals surface area contributed by atoms with Gasteiger partial charge in [0.1, 0.15) is 11.5 Å². The van der Waals surface area contributed by atoms with Crippen molar-refractivity contribution >= 4 is 0 Å². The van der Waals surface area contributed by atoms with Gasteiger partial charge >= 0.3 is 0 Å². The minimum atomic E-state index is -1.03. The van der Waals surface area contributed by atoms with Crippen molar-refractivity contribution in [3.8, 4) is 11.5 Å². The molecule has 0 fully saturated rings. The number of rotatable bonds is 0. The van der Waals surface area contributed by atoms with Gasteiger partial charge in [-0.25, -0.2) is 17.6 Å². The first-order chi connectivity index (χ1) is 8.40. The zero-order valence-corrected chi connectivity index (χ0v) is 11.8. The van der Waals surface area contributed by atoms with E-state index in [1.165, 1.54) is 0 Å². The molecule has 0 aliphatic heterocycles. The van der Waals surface area contributed by atoms with E-state index in [1.54, 1.807) is 0 Å². The summed E-state index contributed by atoms with van der Waals surface area (Å²) in [4.78, 5) is 0. The Hall–Kier alpha value is -1.36. The van der Waals surface area contributed by atoms with Crippen LogP contribution in [0.4, 0.5) is 17.6 Å². The van der Waals surface area contributed by atoms with Gasteiger partial charge in [0.25, 0.3) is 0 Å². The molecule has 2 aromatic carbocycles. The summed E-state index contributed by atoms with van der Waals surface area (Å²) in [6, 6.07) is 5.33. The van der Waals surface area contributed by atoms with Crippen molar-refractivity contribution in [1.29, 1.82) is 0 Å². The molecule has 0 unspecified atom stereocenters. The Kier molecular flexibility index (Phi) is 7.38. The van der Waals surface area contributed by atoms with Gasteiger partial charge in [-0.15, -0.1) is 0 Å². The molecule has 0 radical (unpaired) electrons. The van der Waals surface area contributed by atoms with E-state index in [1.807, 2.05) is 0 Å². The monoisotopic (exact) mass is 350 g/mol. The van der Waals surface area contributed by atoms with Crippen LogP contribution in [0.1, 0.15) is 0 Å². The smallest absolute Gasteiger partial charge is 0.162 e. The van der Waals surface area contributed by atoms with Crippen molar-refractivity contribution in [2.45, 2.75) is 0 Å².